The molecule has 2 aromatic heterocycles. The van der Waals surface area contributed by atoms with Crippen molar-refractivity contribution in [1.82, 2.24) is 19.6 Å². The highest BCUT2D eigenvalue weighted by Crippen LogP contribution is 2.23. The number of nitrogens with zero attached hydrogens (tertiary/aromatic N) is 4. The molecule has 146 valence electrons. The van der Waals surface area contributed by atoms with Gasteiger partial charge in [-0.1, -0.05) is 17.7 Å². The van der Waals surface area contributed by atoms with E-state index in [1.807, 2.05) is 49.7 Å². The van der Waals surface area contributed by atoms with E-state index in [4.69, 9.17) is 0 Å². The van der Waals surface area contributed by atoms with Crippen LogP contribution in [0.15, 0.2) is 60.8 Å². The Hall–Kier alpha value is -3.74. The van der Waals surface area contributed by atoms with E-state index in [0.717, 1.165) is 17.1 Å². The molecule has 4 aromatic rings. The summed E-state index contributed by atoms with van der Waals surface area (Å²) in [5, 5.41) is 11.8. The number of anilines is 1. The van der Waals surface area contributed by atoms with Crippen molar-refractivity contribution in [2.75, 3.05) is 5.32 Å². The van der Waals surface area contributed by atoms with Crippen LogP contribution in [0.2, 0.25) is 0 Å². The number of benzene rings is 2. The summed E-state index contributed by atoms with van der Waals surface area (Å²) in [4.78, 5) is 12.7. The van der Waals surface area contributed by atoms with Gasteiger partial charge in [0, 0.05) is 6.20 Å². The van der Waals surface area contributed by atoms with Crippen LogP contribution in [0.5, 0.6) is 0 Å². The van der Waals surface area contributed by atoms with E-state index in [1.54, 1.807) is 24.4 Å². The quantitative estimate of drug-likeness (QED) is 0.564. The Morgan fingerprint density at radius 3 is 2.24 bits per heavy atom. The van der Waals surface area contributed by atoms with Crippen LogP contribution >= 0.6 is 0 Å². The molecule has 2 heterocycles. The number of aromatic nitrogens is 4. The van der Waals surface area contributed by atoms with Gasteiger partial charge in [-0.05, 0) is 63.2 Å². The molecule has 0 saturated heterocycles. The fraction of sp³-hybridized carbons (Fsp3) is 0.136. The van der Waals surface area contributed by atoms with Crippen molar-refractivity contribution >= 4 is 11.6 Å². The number of nitrogens with one attached hydrogen (secondary N) is 1. The number of rotatable bonds is 4. The fourth-order valence-corrected chi connectivity index (χ4v) is 3.12. The molecule has 0 aliphatic rings. The smallest absolute Gasteiger partial charge is 0.276 e. The van der Waals surface area contributed by atoms with E-state index < -0.39 is 0 Å². The summed E-state index contributed by atoms with van der Waals surface area (Å²) in [6.07, 6.45) is 1.66. The average molecular weight is 389 g/mol. The van der Waals surface area contributed by atoms with Crippen molar-refractivity contribution in [3.63, 3.8) is 0 Å². The third-order valence-corrected chi connectivity index (χ3v) is 4.72. The zero-order chi connectivity index (χ0) is 20.5. The van der Waals surface area contributed by atoms with Crippen LogP contribution in [0.25, 0.3) is 11.4 Å². The first-order valence-electron chi connectivity index (χ1n) is 9.18. The first-order chi connectivity index (χ1) is 13.9. The van der Waals surface area contributed by atoms with E-state index in [-0.39, 0.29) is 17.4 Å². The van der Waals surface area contributed by atoms with Gasteiger partial charge in [-0.3, -0.25) is 4.79 Å². The van der Waals surface area contributed by atoms with Crippen LogP contribution < -0.4 is 5.32 Å². The average Bonchev–Trinajstić information content (AvgIpc) is 3.30. The number of hydrogen-bond donors (Lipinski definition) is 1. The molecular weight excluding hydrogens is 369 g/mol. The lowest BCUT2D eigenvalue weighted by molar-refractivity contribution is 0.102. The second-order valence-electron chi connectivity index (χ2n) is 6.87. The molecule has 1 amide bonds. The Bertz CT molecular complexity index is 1170. The first kappa shape index (κ1) is 18.6. The van der Waals surface area contributed by atoms with Crippen LogP contribution in [0.1, 0.15) is 27.4 Å². The lowest BCUT2D eigenvalue weighted by Crippen LogP contribution is -2.14. The fourth-order valence-electron chi connectivity index (χ4n) is 3.12. The molecule has 0 spiro atoms. The molecule has 1 N–H and O–H groups in total. The normalized spacial score (nSPS) is 10.9. The monoisotopic (exact) mass is 389 g/mol. The van der Waals surface area contributed by atoms with Gasteiger partial charge in [0.25, 0.3) is 5.91 Å². The van der Waals surface area contributed by atoms with Gasteiger partial charge in [0.2, 0.25) is 0 Å². The lowest BCUT2D eigenvalue weighted by Gasteiger charge is -2.07. The molecule has 0 atom stereocenters. The van der Waals surface area contributed by atoms with Gasteiger partial charge in [-0.2, -0.15) is 10.2 Å². The number of carbonyl (C=O) groups excluding carboxylic acids is 1. The van der Waals surface area contributed by atoms with Gasteiger partial charge in [0.1, 0.15) is 5.82 Å². The number of halogens is 1. The molecule has 0 radical (unpaired) electrons. The second kappa shape index (κ2) is 7.35. The number of aryl methyl sites for hydroxylation is 2. The minimum Gasteiger partial charge on any atom is -0.317 e. The first-order valence-corrected chi connectivity index (χ1v) is 9.18. The SMILES string of the molecule is Cc1ccc(-n2nc(C)c(NC(=O)c3ccn(-c4ccc(F)cc4)n3)c2C)cc1. The Morgan fingerprint density at radius 1 is 0.897 bits per heavy atom. The summed E-state index contributed by atoms with van der Waals surface area (Å²) in [6.45, 7) is 5.79. The predicted octanol–water partition coefficient (Wildman–Crippen LogP) is 4.37. The van der Waals surface area contributed by atoms with Crippen LogP contribution in [0, 0.1) is 26.6 Å². The Labute approximate surface area is 167 Å². The highest BCUT2D eigenvalue weighted by molar-refractivity contribution is 6.03. The summed E-state index contributed by atoms with van der Waals surface area (Å²) in [6, 6.07) is 15.5. The Balaban J connectivity index is 1.57. The molecule has 6 nitrogen and oxygen atoms in total. The van der Waals surface area contributed by atoms with Crippen LogP contribution in [0.3, 0.4) is 0 Å². The van der Waals surface area contributed by atoms with E-state index in [1.165, 1.54) is 22.4 Å². The van der Waals surface area contributed by atoms with Crippen molar-refractivity contribution in [3.8, 4) is 11.4 Å². The van der Waals surface area contributed by atoms with Gasteiger partial charge in [-0.15, -0.1) is 0 Å². The molecule has 0 fully saturated rings. The number of amides is 1. The maximum Gasteiger partial charge on any atom is 0.276 e. The second-order valence-corrected chi connectivity index (χ2v) is 6.87. The standard InChI is InChI=1S/C22H20FN5O/c1-14-4-8-19(9-5-14)28-16(3)21(15(2)25-28)24-22(29)20-12-13-27(26-20)18-10-6-17(23)7-11-18/h4-13H,1-3H3,(H,24,29). The maximum absolute atomic E-state index is 13.1. The third kappa shape index (κ3) is 3.67. The highest BCUT2D eigenvalue weighted by Gasteiger charge is 2.18. The van der Waals surface area contributed by atoms with E-state index >= 15 is 0 Å². The van der Waals surface area contributed by atoms with Crippen LogP contribution in [0.4, 0.5) is 10.1 Å². The molecular formula is C22H20FN5O. The summed E-state index contributed by atoms with van der Waals surface area (Å²) < 4.78 is 16.4. The van der Waals surface area contributed by atoms with E-state index in [0.29, 0.717) is 11.4 Å². The van der Waals surface area contributed by atoms with Crippen molar-refractivity contribution in [3.05, 3.63) is 89.3 Å². The van der Waals surface area contributed by atoms with Crippen molar-refractivity contribution < 1.29 is 9.18 Å². The van der Waals surface area contributed by atoms with Crippen LogP contribution in [-0.2, 0) is 0 Å². The van der Waals surface area contributed by atoms with Crippen molar-refractivity contribution in [2.45, 2.75) is 20.8 Å². The number of carbonyl (C=O) groups is 1. The molecule has 4 rings (SSSR count). The zero-order valence-corrected chi connectivity index (χ0v) is 16.3. The van der Waals surface area contributed by atoms with E-state index in [9.17, 15) is 9.18 Å². The zero-order valence-electron chi connectivity index (χ0n) is 16.3. The Kier molecular flexibility index (Phi) is 4.72. The maximum atomic E-state index is 13.1. The molecule has 0 bridgehead atoms. The molecule has 0 saturated carbocycles. The van der Waals surface area contributed by atoms with Gasteiger partial charge in [0.05, 0.1) is 28.5 Å². The minimum atomic E-state index is -0.333. The van der Waals surface area contributed by atoms with E-state index in [2.05, 4.69) is 15.5 Å². The van der Waals surface area contributed by atoms with Crippen LogP contribution in [-0.4, -0.2) is 25.5 Å². The lowest BCUT2D eigenvalue weighted by atomic mass is 10.2. The summed E-state index contributed by atoms with van der Waals surface area (Å²) in [7, 11) is 0. The minimum absolute atomic E-state index is 0.260. The van der Waals surface area contributed by atoms with Crippen molar-refractivity contribution in [1.29, 1.82) is 0 Å². The van der Waals surface area contributed by atoms with Gasteiger partial charge < -0.3 is 5.32 Å². The van der Waals surface area contributed by atoms with Gasteiger partial charge in [-0.25, -0.2) is 13.8 Å². The largest absolute Gasteiger partial charge is 0.317 e. The van der Waals surface area contributed by atoms with Gasteiger partial charge >= 0.3 is 0 Å². The highest BCUT2D eigenvalue weighted by atomic mass is 19.1. The summed E-state index contributed by atoms with van der Waals surface area (Å²) >= 11 is 0. The molecule has 2 aromatic carbocycles. The third-order valence-electron chi connectivity index (χ3n) is 4.72. The molecule has 0 unspecified atom stereocenters. The molecule has 0 aliphatic heterocycles. The summed E-state index contributed by atoms with van der Waals surface area (Å²) in [5.74, 6) is -0.657. The molecule has 0 aliphatic carbocycles. The molecule has 7 heteroatoms. The predicted molar refractivity (Wildman–Crippen MR) is 109 cm³/mol. The number of hydrogen-bond acceptors (Lipinski definition) is 3. The topological polar surface area (TPSA) is 64.7 Å². The van der Waals surface area contributed by atoms with Crippen molar-refractivity contribution in [2.24, 2.45) is 0 Å². The van der Waals surface area contributed by atoms with Gasteiger partial charge in [0.15, 0.2) is 5.69 Å². The summed E-state index contributed by atoms with van der Waals surface area (Å²) in [5.41, 5.74) is 5.23. The Morgan fingerprint density at radius 2 is 1.55 bits per heavy atom. The molecule has 29 heavy (non-hydrogen) atoms.